The molecule has 1 aliphatic rings. The third kappa shape index (κ3) is 2.56. The van der Waals surface area contributed by atoms with Crippen molar-refractivity contribution in [3.8, 4) is 11.8 Å². The monoisotopic (exact) mass is 326 g/mol. The summed E-state index contributed by atoms with van der Waals surface area (Å²) in [5.74, 6) is 0.570. The molecule has 0 amide bonds. The first-order chi connectivity index (χ1) is 11.1. The number of hydrogen-bond acceptors (Lipinski definition) is 4. The maximum atomic E-state index is 12.8. The number of methoxy groups -OCH3 is 1. The molecule has 116 valence electrons. The van der Waals surface area contributed by atoms with Crippen molar-refractivity contribution in [3.05, 3.63) is 65.9 Å². The second-order valence-corrected chi connectivity index (χ2v) is 6.83. The van der Waals surface area contributed by atoms with Gasteiger partial charge in [0, 0.05) is 6.20 Å². The van der Waals surface area contributed by atoms with Crippen molar-refractivity contribution in [2.24, 2.45) is 0 Å². The largest absolute Gasteiger partial charge is 0.497 e. The molecule has 0 N–H and O–H groups in total. The Morgan fingerprint density at radius 1 is 1.13 bits per heavy atom. The summed E-state index contributed by atoms with van der Waals surface area (Å²) in [4.78, 5) is 0.114. The van der Waals surface area contributed by atoms with Crippen LogP contribution >= 0.6 is 0 Å². The van der Waals surface area contributed by atoms with Gasteiger partial charge in [0.1, 0.15) is 5.75 Å². The van der Waals surface area contributed by atoms with Crippen LogP contribution in [-0.2, 0) is 10.0 Å². The molecule has 23 heavy (non-hydrogen) atoms. The van der Waals surface area contributed by atoms with E-state index in [-0.39, 0.29) is 4.90 Å². The maximum Gasteiger partial charge on any atom is 0.265 e. The minimum absolute atomic E-state index is 0.114. The van der Waals surface area contributed by atoms with Gasteiger partial charge in [0.05, 0.1) is 18.1 Å². The quantitative estimate of drug-likeness (QED) is 0.869. The number of hydrogen-bond donors (Lipinski definition) is 0. The van der Waals surface area contributed by atoms with Gasteiger partial charge in [-0.2, -0.15) is 5.26 Å². The van der Waals surface area contributed by atoms with E-state index >= 15 is 0 Å². The lowest BCUT2D eigenvalue weighted by Crippen LogP contribution is -2.31. The highest BCUT2D eigenvalue weighted by atomic mass is 32.2. The van der Waals surface area contributed by atoms with Crippen molar-refractivity contribution in [1.29, 1.82) is 5.26 Å². The van der Waals surface area contributed by atoms with E-state index in [0.29, 0.717) is 11.3 Å². The van der Waals surface area contributed by atoms with Crippen LogP contribution in [-0.4, -0.2) is 19.8 Å². The van der Waals surface area contributed by atoms with Crippen molar-refractivity contribution in [3.63, 3.8) is 0 Å². The molecule has 2 aromatic carbocycles. The fourth-order valence-corrected chi connectivity index (χ4v) is 3.89. The van der Waals surface area contributed by atoms with Gasteiger partial charge in [0.25, 0.3) is 10.0 Å². The van der Waals surface area contributed by atoms with E-state index in [4.69, 9.17) is 4.74 Å². The summed E-state index contributed by atoms with van der Waals surface area (Å²) >= 11 is 0. The van der Waals surface area contributed by atoms with Crippen LogP contribution < -0.4 is 4.74 Å². The molecule has 0 saturated carbocycles. The Labute approximate surface area is 135 Å². The summed E-state index contributed by atoms with van der Waals surface area (Å²) in [7, 11) is -2.31. The molecule has 2 aromatic rings. The van der Waals surface area contributed by atoms with E-state index in [0.717, 1.165) is 9.87 Å². The second-order valence-electron chi connectivity index (χ2n) is 4.99. The van der Waals surface area contributed by atoms with E-state index in [9.17, 15) is 13.7 Å². The molecule has 1 atom stereocenters. The number of ether oxygens (including phenoxy) is 1. The zero-order valence-corrected chi connectivity index (χ0v) is 13.2. The molecule has 0 aromatic heterocycles. The smallest absolute Gasteiger partial charge is 0.265 e. The number of sulfonamides is 1. The molecule has 1 unspecified atom stereocenters. The summed E-state index contributed by atoms with van der Waals surface area (Å²) in [6.45, 7) is 0. The average molecular weight is 326 g/mol. The first-order valence-corrected chi connectivity index (χ1v) is 8.36. The average Bonchev–Trinajstić information content (AvgIpc) is 2.60. The molecule has 6 heteroatoms. The highest BCUT2D eigenvalue weighted by molar-refractivity contribution is 7.89. The second kappa shape index (κ2) is 5.78. The Bertz CT molecular complexity index is 896. The zero-order valence-electron chi connectivity index (χ0n) is 12.4. The van der Waals surface area contributed by atoms with E-state index in [2.05, 4.69) is 6.07 Å². The van der Waals surface area contributed by atoms with Crippen LogP contribution in [0.5, 0.6) is 5.75 Å². The number of nitrogens with zero attached hydrogens (tertiary/aromatic N) is 2. The van der Waals surface area contributed by atoms with Gasteiger partial charge in [-0.15, -0.1) is 0 Å². The van der Waals surface area contributed by atoms with Gasteiger partial charge in [-0.3, -0.25) is 4.31 Å². The van der Waals surface area contributed by atoms with Crippen LogP contribution in [0.2, 0.25) is 0 Å². The van der Waals surface area contributed by atoms with Crippen LogP contribution in [0.25, 0.3) is 6.08 Å². The lowest BCUT2D eigenvalue weighted by molar-refractivity contribution is 0.414. The molecule has 1 heterocycles. The van der Waals surface area contributed by atoms with E-state index in [1.165, 1.54) is 25.4 Å². The zero-order chi connectivity index (χ0) is 16.4. The van der Waals surface area contributed by atoms with Gasteiger partial charge in [0.15, 0.2) is 6.04 Å². The first-order valence-electron chi connectivity index (χ1n) is 6.92. The van der Waals surface area contributed by atoms with Crippen molar-refractivity contribution in [2.45, 2.75) is 10.9 Å². The SMILES string of the molecule is COc1ccc(S(=O)(=O)N2C=Cc3ccccc3C2C#N)cc1. The third-order valence-electron chi connectivity index (χ3n) is 3.70. The van der Waals surface area contributed by atoms with Crippen molar-refractivity contribution < 1.29 is 13.2 Å². The standard InChI is InChI=1S/C17H14N2O3S/c1-22-14-6-8-15(9-7-14)23(20,21)19-11-10-13-4-2-3-5-16(13)17(19)12-18/h2-11,17H,1H3. The van der Waals surface area contributed by atoms with Crippen LogP contribution in [0.3, 0.4) is 0 Å². The van der Waals surface area contributed by atoms with Gasteiger partial charge >= 0.3 is 0 Å². The van der Waals surface area contributed by atoms with E-state index in [1.54, 1.807) is 30.3 Å². The number of benzene rings is 2. The van der Waals surface area contributed by atoms with E-state index in [1.807, 2.05) is 12.1 Å². The molecular weight excluding hydrogens is 312 g/mol. The number of nitriles is 1. The van der Waals surface area contributed by atoms with Crippen LogP contribution in [0.1, 0.15) is 17.2 Å². The first kappa shape index (κ1) is 15.1. The molecule has 1 aliphatic heterocycles. The Morgan fingerprint density at radius 3 is 2.48 bits per heavy atom. The summed E-state index contributed by atoms with van der Waals surface area (Å²) in [6.07, 6.45) is 3.14. The van der Waals surface area contributed by atoms with E-state index < -0.39 is 16.1 Å². The molecule has 0 radical (unpaired) electrons. The van der Waals surface area contributed by atoms with Crippen LogP contribution in [0.4, 0.5) is 0 Å². The highest BCUT2D eigenvalue weighted by Gasteiger charge is 2.33. The Hall–Kier alpha value is -2.78. The molecule has 0 spiro atoms. The molecule has 0 saturated heterocycles. The number of rotatable bonds is 3. The molecular formula is C17H14N2O3S. The lowest BCUT2D eigenvalue weighted by Gasteiger charge is -2.29. The van der Waals surface area contributed by atoms with Crippen LogP contribution in [0, 0.1) is 11.3 Å². The van der Waals surface area contributed by atoms with Crippen molar-refractivity contribution >= 4 is 16.1 Å². The molecule has 0 fully saturated rings. The van der Waals surface area contributed by atoms with Crippen molar-refractivity contribution in [2.75, 3.05) is 7.11 Å². The predicted molar refractivity (Wildman–Crippen MR) is 85.8 cm³/mol. The Morgan fingerprint density at radius 2 is 1.83 bits per heavy atom. The minimum Gasteiger partial charge on any atom is -0.497 e. The summed E-state index contributed by atoms with van der Waals surface area (Å²) < 4.78 is 31.8. The fourth-order valence-electron chi connectivity index (χ4n) is 2.50. The minimum atomic E-state index is -3.82. The Kier molecular flexibility index (Phi) is 3.80. The Balaban J connectivity index is 2.05. The van der Waals surface area contributed by atoms with Crippen LogP contribution in [0.15, 0.2) is 59.6 Å². The topological polar surface area (TPSA) is 70.4 Å². The van der Waals surface area contributed by atoms with Gasteiger partial charge < -0.3 is 4.74 Å². The normalized spacial score (nSPS) is 16.5. The molecule has 5 nitrogen and oxygen atoms in total. The summed E-state index contributed by atoms with van der Waals surface area (Å²) in [5, 5.41) is 9.49. The van der Waals surface area contributed by atoms with Gasteiger partial charge in [-0.25, -0.2) is 8.42 Å². The number of fused-ring (bicyclic) bond motifs is 1. The maximum absolute atomic E-state index is 12.8. The predicted octanol–water partition coefficient (Wildman–Crippen LogP) is 2.94. The highest BCUT2D eigenvalue weighted by Crippen LogP contribution is 2.34. The molecule has 0 aliphatic carbocycles. The third-order valence-corrected chi connectivity index (χ3v) is 5.46. The van der Waals surface area contributed by atoms with Gasteiger partial charge in [-0.1, -0.05) is 24.3 Å². The van der Waals surface area contributed by atoms with Gasteiger partial charge in [0.2, 0.25) is 0 Å². The van der Waals surface area contributed by atoms with Crippen molar-refractivity contribution in [1.82, 2.24) is 4.31 Å². The molecule has 3 rings (SSSR count). The summed E-state index contributed by atoms with van der Waals surface area (Å²) in [5.41, 5.74) is 1.52. The van der Waals surface area contributed by atoms with Gasteiger partial charge in [-0.05, 0) is 41.5 Å². The fraction of sp³-hybridized carbons (Fsp3) is 0.118. The lowest BCUT2D eigenvalue weighted by atomic mass is 9.99. The molecule has 0 bridgehead atoms. The summed E-state index contributed by atoms with van der Waals surface area (Å²) in [6, 6.07) is 14.6.